The molecule has 0 fully saturated rings. The third kappa shape index (κ3) is 3.95. The number of nitrogens with zero attached hydrogens (tertiary/aromatic N) is 2. The van der Waals surface area contributed by atoms with Gasteiger partial charge in [-0.25, -0.2) is 0 Å². The van der Waals surface area contributed by atoms with Crippen molar-refractivity contribution in [3.63, 3.8) is 0 Å². The van der Waals surface area contributed by atoms with Crippen LogP contribution in [0.5, 0.6) is 0 Å². The van der Waals surface area contributed by atoms with E-state index in [2.05, 4.69) is 4.98 Å². The van der Waals surface area contributed by atoms with E-state index in [1.807, 2.05) is 36.7 Å². The second-order valence-electron chi connectivity index (χ2n) is 5.01. The molecule has 1 atom stereocenters. The molecular weight excluding hydrogens is 284 g/mol. The minimum atomic E-state index is -0.918. The molecule has 112 valence electrons. The zero-order valence-electron chi connectivity index (χ0n) is 12.3. The number of aromatic nitrogens is 1. The van der Waals surface area contributed by atoms with Crippen molar-refractivity contribution in [3.05, 3.63) is 42.2 Å². The van der Waals surface area contributed by atoms with Crippen LogP contribution in [0.2, 0.25) is 0 Å². The number of aliphatic hydroxyl groups excluding tert-OH is 1. The van der Waals surface area contributed by atoms with Gasteiger partial charge in [0.15, 0.2) is 0 Å². The van der Waals surface area contributed by atoms with Crippen LogP contribution in [0.1, 0.15) is 12.0 Å². The van der Waals surface area contributed by atoms with Crippen LogP contribution < -0.4 is 0 Å². The van der Waals surface area contributed by atoms with Crippen LogP contribution in [0.25, 0.3) is 10.8 Å². The van der Waals surface area contributed by atoms with Gasteiger partial charge in [-0.2, -0.15) is 11.8 Å². The van der Waals surface area contributed by atoms with Gasteiger partial charge in [-0.3, -0.25) is 9.78 Å². The number of rotatable bonds is 6. The Labute approximate surface area is 129 Å². The minimum absolute atomic E-state index is 0.227. The molecule has 0 radical (unpaired) electrons. The van der Waals surface area contributed by atoms with Crippen molar-refractivity contribution in [3.8, 4) is 0 Å². The van der Waals surface area contributed by atoms with Gasteiger partial charge in [0.1, 0.15) is 6.10 Å². The molecule has 1 aromatic heterocycles. The SMILES string of the molecule is CSCCC(O)C(=O)N(C)Cc1cccc2cnccc12. The Bertz CT molecular complexity index is 613. The molecule has 21 heavy (non-hydrogen) atoms. The number of benzene rings is 1. The molecule has 0 saturated heterocycles. The normalized spacial score (nSPS) is 12.3. The van der Waals surface area contributed by atoms with Crippen LogP contribution in [-0.4, -0.2) is 46.1 Å². The van der Waals surface area contributed by atoms with Crippen molar-refractivity contribution in [1.82, 2.24) is 9.88 Å². The van der Waals surface area contributed by atoms with Crippen LogP contribution in [0, 0.1) is 0 Å². The minimum Gasteiger partial charge on any atom is -0.383 e. The summed E-state index contributed by atoms with van der Waals surface area (Å²) in [5, 5.41) is 12.0. The van der Waals surface area contributed by atoms with E-state index in [0.29, 0.717) is 13.0 Å². The predicted octanol–water partition coefficient (Wildman–Crippen LogP) is 2.31. The maximum Gasteiger partial charge on any atom is 0.251 e. The van der Waals surface area contributed by atoms with Crippen molar-refractivity contribution in [2.45, 2.75) is 19.1 Å². The van der Waals surface area contributed by atoms with E-state index in [4.69, 9.17) is 0 Å². The van der Waals surface area contributed by atoms with Gasteiger partial charge in [-0.15, -0.1) is 0 Å². The average molecular weight is 304 g/mol. The number of carbonyl (C=O) groups excluding carboxylic acids is 1. The molecule has 1 aromatic carbocycles. The van der Waals surface area contributed by atoms with E-state index < -0.39 is 6.10 Å². The highest BCUT2D eigenvalue weighted by Crippen LogP contribution is 2.19. The summed E-state index contributed by atoms with van der Waals surface area (Å²) in [6.07, 6.45) is 5.10. The third-order valence-electron chi connectivity index (χ3n) is 3.44. The van der Waals surface area contributed by atoms with Crippen molar-refractivity contribution < 1.29 is 9.90 Å². The van der Waals surface area contributed by atoms with Crippen LogP contribution in [0.15, 0.2) is 36.7 Å². The first kappa shape index (κ1) is 15.8. The van der Waals surface area contributed by atoms with Gasteiger partial charge in [-0.05, 0) is 35.4 Å². The molecule has 2 rings (SSSR count). The molecule has 1 amide bonds. The molecular formula is C16H20N2O2S. The monoisotopic (exact) mass is 304 g/mol. The number of carbonyl (C=O) groups is 1. The van der Waals surface area contributed by atoms with Gasteiger partial charge in [0.2, 0.25) is 0 Å². The summed E-state index contributed by atoms with van der Waals surface area (Å²) in [6.45, 7) is 0.483. The smallest absolute Gasteiger partial charge is 0.251 e. The number of amides is 1. The van der Waals surface area contributed by atoms with Crippen LogP contribution in [-0.2, 0) is 11.3 Å². The highest BCUT2D eigenvalue weighted by molar-refractivity contribution is 7.98. The van der Waals surface area contributed by atoms with Crippen molar-refractivity contribution in [1.29, 1.82) is 0 Å². The Morgan fingerprint density at radius 1 is 1.43 bits per heavy atom. The molecule has 0 bridgehead atoms. The first-order valence-corrected chi connectivity index (χ1v) is 8.26. The highest BCUT2D eigenvalue weighted by Gasteiger charge is 2.19. The number of thioether (sulfide) groups is 1. The molecule has 2 aromatic rings. The van der Waals surface area contributed by atoms with E-state index in [1.54, 1.807) is 29.9 Å². The fraction of sp³-hybridized carbons (Fsp3) is 0.375. The lowest BCUT2D eigenvalue weighted by Crippen LogP contribution is -2.36. The maximum absolute atomic E-state index is 12.1. The molecule has 4 nitrogen and oxygen atoms in total. The second kappa shape index (κ2) is 7.43. The van der Waals surface area contributed by atoms with Gasteiger partial charge < -0.3 is 10.0 Å². The fourth-order valence-electron chi connectivity index (χ4n) is 2.27. The van der Waals surface area contributed by atoms with Gasteiger partial charge >= 0.3 is 0 Å². The molecule has 0 aliphatic heterocycles. The summed E-state index contributed by atoms with van der Waals surface area (Å²) in [4.78, 5) is 17.8. The number of pyridine rings is 1. The Hall–Kier alpha value is -1.59. The quantitative estimate of drug-likeness (QED) is 0.890. The fourth-order valence-corrected chi connectivity index (χ4v) is 2.73. The summed E-state index contributed by atoms with van der Waals surface area (Å²) < 4.78 is 0. The van der Waals surface area contributed by atoms with Crippen LogP contribution in [0.4, 0.5) is 0 Å². The zero-order valence-corrected chi connectivity index (χ0v) is 13.1. The first-order chi connectivity index (χ1) is 10.1. The summed E-state index contributed by atoms with van der Waals surface area (Å²) in [6, 6.07) is 7.91. The van der Waals surface area contributed by atoms with Crippen LogP contribution >= 0.6 is 11.8 Å². The molecule has 0 aliphatic carbocycles. The maximum atomic E-state index is 12.1. The Morgan fingerprint density at radius 3 is 3.00 bits per heavy atom. The first-order valence-electron chi connectivity index (χ1n) is 6.87. The molecule has 1 N–H and O–H groups in total. The molecule has 5 heteroatoms. The van der Waals surface area contributed by atoms with Gasteiger partial charge in [0, 0.05) is 31.4 Å². The lowest BCUT2D eigenvalue weighted by atomic mass is 10.1. The van der Waals surface area contributed by atoms with Gasteiger partial charge in [0.25, 0.3) is 5.91 Å². The van der Waals surface area contributed by atoms with E-state index in [0.717, 1.165) is 22.1 Å². The molecule has 0 aliphatic rings. The van der Waals surface area contributed by atoms with Crippen LogP contribution in [0.3, 0.4) is 0 Å². The number of likely N-dealkylation sites (N-methyl/N-ethyl adjacent to an activating group) is 1. The third-order valence-corrected chi connectivity index (χ3v) is 4.08. The predicted molar refractivity (Wildman–Crippen MR) is 87.2 cm³/mol. The molecule has 1 unspecified atom stereocenters. The number of hydrogen-bond acceptors (Lipinski definition) is 4. The molecule has 0 saturated carbocycles. The number of fused-ring (bicyclic) bond motifs is 1. The van der Waals surface area contributed by atoms with Crippen molar-refractivity contribution in [2.75, 3.05) is 19.1 Å². The Kier molecular flexibility index (Phi) is 5.59. The number of hydrogen-bond donors (Lipinski definition) is 1. The van der Waals surface area contributed by atoms with Gasteiger partial charge in [0.05, 0.1) is 0 Å². The van der Waals surface area contributed by atoms with E-state index in [-0.39, 0.29) is 5.91 Å². The largest absolute Gasteiger partial charge is 0.383 e. The number of aliphatic hydroxyl groups is 1. The topological polar surface area (TPSA) is 53.4 Å². The Balaban J connectivity index is 2.11. The zero-order chi connectivity index (χ0) is 15.2. The summed E-state index contributed by atoms with van der Waals surface area (Å²) in [7, 11) is 1.73. The molecule has 0 spiro atoms. The van der Waals surface area contributed by atoms with Gasteiger partial charge in [-0.1, -0.05) is 18.2 Å². The van der Waals surface area contributed by atoms with Crippen molar-refractivity contribution >= 4 is 28.4 Å². The Morgan fingerprint density at radius 2 is 2.24 bits per heavy atom. The standard InChI is InChI=1S/C16H20N2O2S/c1-18(16(20)15(19)7-9-21-2)11-13-5-3-4-12-10-17-8-6-14(12)13/h3-6,8,10,15,19H,7,9,11H2,1-2H3. The van der Waals surface area contributed by atoms with E-state index >= 15 is 0 Å². The lowest BCUT2D eigenvalue weighted by molar-refractivity contribution is -0.139. The highest BCUT2D eigenvalue weighted by atomic mass is 32.2. The summed E-state index contributed by atoms with van der Waals surface area (Å²) in [5.74, 6) is 0.552. The lowest BCUT2D eigenvalue weighted by Gasteiger charge is -2.21. The summed E-state index contributed by atoms with van der Waals surface area (Å²) >= 11 is 1.63. The average Bonchev–Trinajstić information content (AvgIpc) is 2.52. The van der Waals surface area contributed by atoms with E-state index in [1.165, 1.54) is 0 Å². The second-order valence-corrected chi connectivity index (χ2v) is 5.99. The van der Waals surface area contributed by atoms with E-state index in [9.17, 15) is 9.90 Å². The molecule has 1 heterocycles. The van der Waals surface area contributed by atoms with Crippen molar-refractivity contribution in [2.24, 2.45) is 0 Å². The summed E-state index contributed by atoms with van der Waals surface area (Å²) in [5.41, 5.74) is 1.06.